The van der Waals surface area contributed by atoms with Crippen molar-refractivity contribution in [2.45, 2.75) is 131 Å². The average molecular weight is 835 g/mol. The van der Waals surface area contributed by atoms with Crippen LogP contribution in [0.4, 0.5) is 0 Å². The molecule has 4 aromatic rings. The third-order valence-electron chi connectivity index (χ3n) is 14.4. The van der Waals surface area contributed by atoms with Crippen LogP contribution in [0.5, 0.6) is 11.5 Å². The first-order valence-electron chi connectivity index (χ1n) is 22.9. The molecule has 8 rings (SSSR count). The topological polar surface area (TPSA) is 114 Å². The molecule has 61 heavy (non-hydrogen) atoms. The van der Waals surface area contributed by atoms with Gasteiger partial charge in [-0.3, -0.25) is 29.4 Å². The molecule has 1 N–H and O–H groups in total. The number of hydrogen-bond donors (Lipinski definition) is 1. The van der Waals surface area contributed by atoms with Gasteiger partial charge in [0, 0.05) is 49.0 Å². The van der Waals surface area contributed by atoms with Crippen molar-refractivity contribution in [2.24, 2.45) is 34.5 Å². The molecule has 4 fully saturated rings. The summed E-state index contributed by atoms with van der Waals surface area (Å²) in [5, 5.41) is 11.3. The van der Waals surface area contributed by atoms with Crippen molar-refractivity contribution in [3.8, 4) is 11.5 Å². The van der Waals surface area contributed by atoms with E-state index < -0.39 is 5.97 Å². The van der Waals surface area contributed by atoms with Crippen LogP contribution in [0.15, 0.2) is 60.7 Å². The summed E-state index contributed by atoms with van der Waals surface area (Å²) in [5.74, 6) is 2.38. The number of methoxy groups -OCH3 is 1. The Bertz CT molecular complexity index is 2130. The molecule has 0 spiro atoms. The number of likely N-dealkylation sites (tertiary alicyclic amines) is 2. The second kappa shape index (κ2) is 18.6. The van der Waals surface area contributed by atoms with E-state index in [0.717, 1.165) is 95.3 Å². The fourth-order valence-electron chi connectivity index (χ4n) is 9.83. The third-order valence-corrected chi connectivity index (χ3v) is 14.4. The fourth-order valence-corrected chi connectivity index (χ4v) is 9.83. The average Bonchev–Trinajstić information content (AvgIpc) is 3.19. The van der Waals surface area contributed by atoms with Crippen LogP contribution in [-0.2, 0) is 14.3 Å². The van der Waals surface area contributed by atoms with E-state index in [2.05, 4.69) is 114 Å². The molecule has 0 radical (unpaired) electrons. The predicted octanol–water partition coefficient (Wildman–Crippen LogP) is 10.7. The molecule has 10 nitrogen and oxygen atoms in total. The number of hydrogen-bond acceptors (Lipinski definition) is 9. The fraction of sp³-hybridized carbons (Fsp3) is 0.608. The molecule has 10 heteroatoms. The minimum atomic E-state index is -0.704. The van der Waals surface area contributed by atoms with Gasteiger partial charge in [0.25, 0.3) is 0 Å². The zero-order chi connectivity index (χ0) is 43.6. The molecule has 4 aliphatic rings. The number of aromatic nitrogens is 2. The van der Waals surface area contributed by atoms with Crippen molar-refractivity contribution in [3.05, 3.63) is 72.1 Å². The van der Waals surface area contributed by atoms with Crippen LogP contribution in [0.2, 0.25) is 0 Å². The number of nitrogens with zero attached hydrogens (tertiary/aromatic N) is 4. The normalized spacial score (nSPS) is 24.1. The highest BCUT2D eigenvalue weighted by Gasteiger charge is 2.38. The summed E-state index contributed by atoms with van der Waals surface area (Å²) in [5.41, 5.74) is 4.74. The molecule has 2 aromatic carbocycles. The van der Waals surface area contributed by atoms with Crippen molar-refractivity contribution >= 4 is 33.7 Å². The Balaban J connectivity index is 0.000000184. The van der Waals surface area contributed by atoms with Crippen molar-refractivity contribution < 1.29 is 28.9 Å². The molecule has 2 aliphatic heterocycles. The van der Waals surface area contributed by atoms with Crippen molar-refractivity contribution in [1.82, 2.24) is 19.8 Å². The van der Waals surface area contributed by atoms with Gasteiger partial charge in [0.05, 0.1) is 53.6 Å². The Morgan fingerprint density at radius 2 is 1.00 bits per heavy atom. The van der Waals surface area contributed by atoms with Crippen molar-refractivity contribution in [2.75, 3.05) is 33.3 Å². The number of rotatable bonds is 10. The van der Waals surface area contributed by atoms with Gasteiger partial charge in [-0.15, -0.1) is 0 Å². The number of aliphatic carboxylic acids is 1. The summed E-state index contributed by atoms with van der Waals surface area (Å²) in [7, 11) is 1.45. The zero-order valence-electron chi connectivity index (χ0n) is 38.2. The quantitative estimate of drug-likeness (QED) is 0.155. The van der Waals surface area contributed by atoms with E-state index in [0.29, 0.717) is 36.1 Å². The van der Waals surface area contributed by atoms with E-state index in [4.69, 9.17) is 29.3 Å². The lowest BCUT2D eigenvalue weighted by atomic mass is 9.72. The minimum absolute atomic E-state index is 0.00826. The van der Waals surface area contributed by atoms with Gasteiger partial charge in [-0.25, -0.2) is 0 Å². The molecular formula is C51H70N4O6. The lowest BCUT2D eigenvalue weighted by Crippen LogP contribution is -2.51. The molecule has 2 saturated heterocycles. The summed E-state index contributed by atoms with van der Waals surface area (Å²) >= 11 is 0. The molecular weight excluding hydrogens is 765 g/mol. The van der Waals surface area contributed by atoms with Gasteiger partial charge in [-0.05, 0) is 136 Å². The Morgan fingerprint density at radius 1 is 0.607 bits per heavy atom. The lowest BCUT2D eigenvalue weighted by molar-refractivity contribution is -0.152. The summed E-state index contributed by atoms with van der Waals surface area (Å²) in [6.07, 6.45) is 10.1. The SMILES string of the molecule is CC(c1ccc2cc(OC3CCC(C(C)(C)C)CC3)ccc2n1)N1CC(C(=O)O)C1.COC(=O)C1CN(C(C)c2ccc3cc(OC4CCC(C(C)(C)C)CC4)ccc3n2)C1. The van der Waals surface area contributed by atoms with E-state index in [1.807, 2.05) is 12.1 Å². The van der Waals surface area contributed by atoms with Crippen molar-refractivity contribution in [3.63, 3.8) is 0 Å². The van der Waals surface area contributed by atoms with E-state index in [1.54, 1.807) is 0 Å². The van der Waals surface area contributed by atoms with Gasteiger partial charge in [0.1, 0.15) is 11.5 Å². The Kier molecular flexibility index (Phi) is 13.6. The Morgan fingerprint density at radius 3 is 1.36 bits per heavy atom. The zero-order valence-corrected chi connectivity index (χ0v) is 38.2. The molecule has 2 atom stereocenters. The molecule has 2 unspecified atom stereocenters. The molecule has 0 amide bonds. The van der Waals surface area contributed by atoms with Crippen LogP contribution in [0, 0.1) is 34.5 Å². The number of carboxylic acid groups (broad SMARTS) is 1. The number of ether oxygens (including phenoxy) is 3. The number of pyridine rings is 2. The lowest BCUT2D eigenvalue weighted by Gasteiger charge is -2.41. The van der Waals surface area contributed by atoms with Gasteiger partial charge < -0.3 is 19.3 Å². The second-order valence-electron chi connectivity index (χ2n) is 20.6. The number of carboxylic acids is 1. The molecule has 4 heterocycles. The molecule has 330 valence electrons. The molecule has 0 bridgehead atoms. The van der Waals surface area contributed by atoms with E-state index in [1.165, 1.54) is 32.8 Å². The Labute approximate surface area is 363 Å². The maximum absolute atomic E-state index is 11.6. The van der Waals surface area contributed by atoms with E-state index in [-0.39, 0.29) is 29.9 Å². The number of carbonyl (C=O) groups is 2. The summed E-state index contributed by atoms with van der Waals surface area (Å²) in [6.45, 7) is 21.0. The first-order chi connectivity index (χ1) is 28.9. The van der Waals surface area contributed by atoms with Gasteiger partial charge in [0.15, 0.2) is 0 Å². The smallest absolute Gasteiger partial charge is 0.311 e. The molecule has 2 aromatic heterocycles. The number of carbonyl (C=O) groups excluding carboxylic acids is 1. The highest BCUT2D eigenvalue weighted by atomic mass is 16.5. The monoisotopic (exact) mass is 835 g/mol. The number of fused-ring (bicyclic) bond motifs is 2. The maximum Gasteiger partial charge on any atom is 0.311 e. The summed E-state index contributed by atoms with van der Waals surface area (Å²) < 4.78 is 17.5. The van der Waals surface area contributed by atoms with Gasteiger partial charge in [-0.2, -0.15) is 0 Å². The highest BCUT2D eigenvalue weighted by molar-refractivity contribution is 5.81. The largest absolute Gasteiger partial charge is 0.490 e. The van der Waals surface area contributed by atoms with Crippen LogP contribution in [0.1, 0.15) is 130 Å². The van der Waals surface area contributed by atoms with Crippen LogP contribution < -0.4 is 9.47 Å². The van der Waals surface area contributed by atoms with Gasteiger partial charge in [0.2, 0.25) is 0 Å². The van der Waals surface area contributed by atoms with Crippen LogP contribution >= 0.6 is 0 Å². The van der Waals surface area contributed by atoms with Crippen LogP contribution in [-0.4, -0.2) is 82.3 Å². The first kappa shape index (κ1) is 44.8. The summed E-state index contributed by atoms with van der Waals surface area (Å²) in [4.78, 5) is 36.8. The first-order valence-corrected chi connectivity index (χ1v) is 22.9. The number of esters is 1. The highest BCUT2D eigenvalue weighted by Crippen LogP contribution is 2.41. The maximum atomic E-state index is 11.6. The third kappa shape index (κ3) is 10.9. The van der Waals surface area contributed by atoms with Crippen LogP contribution in [0.3, 0.4) is 0 Å². The predicted molar refractivity (Wildman–Crippen MR) is 242 cm³/mol. The van der Waals surface area contributed by atoms with Gasteiger partial charge in [-0.1, -0.05) is 53.7 Å². The van der Waals surface area contributed by atoms with E-state index in [9.17, 15) is 9.59 Å². The second-order valence-corrected chi connectivity index (χ2v) is 20.6. The summed E-state index contributed by atoms with van der Waals surface area (Å²) in [6, 6.07) is 21.1. The van der Waals surface area contributed by atoms with Crippen molar-refractivity contribution in [1.29, 1.82) is 0 Å². The standard InChI is InChI=1S/C26H36N2O3.C25H34N2O3/c1-17(28-15-19(16-28)25(29)30-5)23-12-6-18-14-22(11-13-24(18)27-23)31-21-9-7-20(8-10-21)26(2,3)4;1-16(27-14-18(15-27)24(28)29)22-11-5-17-13-21(10-12-23(17)26-22)30-20-8-6-19(7-9-20)25(2,3)4/h6,11-14,17,19-21H,7-10,15-16H2,1-5H3;5,10-13,16,18-20H,6-9,14-15H2,1-4H3,(H,28,29). The number of benzene rings is 2. The van der Waals surface area contributed by atoms with Gasteiger partial charge >= 0.3 is 11.9 Å². The Hall–Kier alpha value is -4.28. The molecule has 2 saturated carbocycles. The minimum Gasteiger partial charge on any atom is -0.490 e. The molecule has 2 aliphatic carbocycles. The van der Waals surface area contributed by atoms with Crippen LogP contribution in [0.25, 0.3) is 21.8 Å². The van der Waals surface area contributed by atoms with E-state index >= 15 is 0 Å².